The van der Waals surface area contributed by atoms with Crippen molar-refractivity contribution in [3.63, 3.8) is 0 Å². The molecule has 1 aliphatic rings. The van der Waals surface area contributed by atoms with Gasteiger partial charge in [0, 0.05) is 0 Å². The monoisotopic (exact) mass is 163 g/mol. The Hall–Kier alpha value is -1.03. The summed E-state index contributed by atoms with van der Waals surface area (Å²) in [4.78, 5) is 0. The third-order valence-corrected chi connectivity index (χ3v) is 1.83. The van der Waals surface area contributed by atoms with Crippen molar-refractivity contribution in [3.05, 3.63) is 23.8 Å². The third kappa shape index (κ3) is 2.92. The molecule has 0 aliphatic heterocycles. The molecule has 0 radical (unpaired) electrons. The molecule has 1 heteroatoms. The Morgan fingerprint density at radius 2 is 2.00 bits per heavy atom. The van der Waals surface area contributed by atoms with Crippen molar-refractivity contribution in [2.75, 3.05) is 0 Å². The number of hydrogen-bond donors (Lipinski definition) is 0. The molecule has 1 rings (SSSR count). The molecule has 0 unspecified atom stereocenters. The number of nitriles is 1. The minimum Gasteiger partial charge on any atom is -0.192 e. The molecule has 0 aromatic heterocycles. The van der Waals surface area contributed by atoms with Crippen molar-refractivity contribution in [1.82, 2.24) is 0 Å². The Bertz CT molecular complexity index is 214. The molecule has 0 saturated heterocycles. The van der Waals surface area contributed by atoms with Gasteiger partial charge in [0.05, 0.1) is 11.6 Å². The molecule has 12 heavy (non-hydrogen) atoms. The fourth-order valence-corrected chi connectivity index (χ4v) is 0.973. The Morgan fingerprint density at radius 3 is 2.25 bits per heavy atom. The van der Waals surface area contributed by atoms with E-state index in [9.17, 15) is 0 Å². The van der Waals surface area contributed by atoms with Crippen LogP contribution in [0.2, 0.25) is 0 Å². The first-order valence-electron chi connectivity index (χ1n) is 4.55. The summed E-state index contributed by atoms with van der Waals surface area (Å²) in [5.74, 6) is 0.617. The van der Waals surface area contributed by atoms with Gasteiger partial charge >= 0.3 is 0 Å². The molecule has 1 fully saturated rings. The number of hydrogen-bond acceptors (Lipinski definition) is 1. The quantitative estimate of drug-likeness (QED) is 0.452. The predicted molar refractivity (Wildman–Crippen MR) is 52.6 cm³/mol. The Balaban J connectivity index is 0.000000561. The van der Waals surface area contributed by atoms with Crippen LogP contribution in [0.15, 0.2) is 23.8 Å². The van der Waals surface area contributed by atoms with Gasteiger partial charge < -0.3 is 0 Å². The molecule has 1 saturated carbocycles. The van der Waals surface area contributed by atoms with E-state index >= 15 is 0 Å². The highest BCUT2D eigenvalue weighted by Gasteiger charge is 2.25. The van der Waals surface area contributed by atoms with Crippen LogP contribution >= 0.6 is 0 Å². The zero-order valence-electron chi connectivity index (χ0n) is 8.22. The normalized spacial score (nSPS) is 15.7. The molecule has 0 atom stereocenters. The first-order valence-corrected chi connectivity index (χ1v) is 4.55. The third-order valence-electron chi connectivity index (χ3n) is 1.83. The minimum atomic E-state index is 0.617. The maximum Gasteiger partial charge on any atom is 0.0990 e. The Morgan fingerprint density at radius 1 is 1.50 bits per heavy atom. The average Bonchev–Trinajstić information content (AvgIpc) is 2.92. The molecule has 0 aromatic rings. The van der Waals surface area contributed by atoms with E-state index in [2.05, 4.69) is 12.6 Å². The molecule has 0 heterocycles. The predicted octanol–water partition coefficient (Wildman–Crippen LogP) is 3.45. The summed E-state index contributed by atoms with van der Waals surface area (Å²) in [5.41, 5.74) is 1.80. The van der Waals surface area contributed by atoms with E-state index in [1.807, 2.05) is 26.8 Å². The van der Waals surface area contributed by atoms with Crippen LogP contribution < -0.4 is 0 Å². The lowest BCUT2D eigenvalue weighted by atomic mass is 10.1. The zero-order chi connectivity index (χ0) is 9.56. The summed E-state index contributed by atoms with van der Waals surface area (Å²) in [6.45, 7) is 9.75. The molecule has 0 spiro atoms. The zero-order valence-corrected chi connectivity index (χ0v) is 8.22. The molecule has 0 amide bonds. The van der Waals surface area contributed by atoms with Gasteiger partial charge in [-0.3, -0.25) is 0 Å². The first kappa shape index (κ1) is 11.0. The standard InChI is InChI=1S/C9H11N.C2H6/c1-3-8(6-10)7(2)9-4-5-9;1-2/h3,9H,2,4-5H2,1H3;1-2H3/b8-3-;. The SMILES string of the molecule is C=C(/C(C#N)=C\C)C1CC1.CC. The second-order valence-electron chi connectivity index (χ2n) is 2.61. The highest BCUT2D eigenvalue weighted by atomic mass is 14.3. The highest BCUT2D eigenvalue weighted by Crippen LogP contribution is 2.38. The second-order valence-corrected chi connectivity index (χ2v) is 2.61. The van der Waals surface area contributed by atoms with E-state index in [4.69, 9.17) is 5.26 Å². The van der Waals surface area contributed by atoms with Crippen LogP contribution in [-0.2, 0) is 0 Å². The van der Waals surface area contributed by atoms with Gasteiger partial charge in [0.1, 0.15) is 0 Å². The van der Waals surface area contributed by atoms with Crippen LogP contribution in [0.5, 0.6) is 0 Å². The molecule has 66 valence electrons. The van der Waals surface area contributed by atoms with E-state index in [-0.39, 0.29) is 0 Å². The largest absolute Gasteiger partial charge is 0.192 e. The van der Waals surface area contributed by atoms with Gasteiger partial charge in [-0.25, -0.2) is 0 Å². The van der Waals surface area contributed by atoms with Crippen LogP contribution in [0, 0.1) is 17.2 Å². The fraction of sp³-hybridized carbons (Fsp3) is 0.545. The summed E-state index contributed by atoms with van der Waals surface area (Å²) in [7, 11) is 0. The Kier molecular flexibility index (Phi) is 5.12. The van der Waals surface area contributed by atoms with E-state index in [0.29, 0.717) is 5.92 Å². The number of allylic oxidation sites excluding steroid dienone is 3. The van der Waals surface area contributed by atoms with Crippen LogP contribution in [0.25, 0.3) is 0 Å². The van der Waals surface area contributed by atoms with E-state index in [1.165, 1.54) is 12.8 Å². The molecular weight excluding hydrogens is 146 g/mol. The maximum atomic E-state index is 8.59. The van der Waals surface area contributed by atoms with Gasteiger partial charge in [0.15, 0.2) is 0 Å². The summed E-state index contributed by atoms with van der Waals surface area (Å²) in [6, 6.07) is 2.13. The summed E-state index contributed by atoms with van der Waals surface area (Å²) in [6.07, 6.45) is 4.27. The Labute approximate surface area is 75.4 Å². The van der Waals surface area contributed by atoms with E-state index < -0.39 is 0 Å². The topological polar surface area (TPSA) is 23.8 Å². The van der Waals surface area contributed by atoms with Crippen molar-refractivity contribution in [3.8, 4) is 6.07 Å². The lowest BCUT2D eigenvalue weighted by molar-refractivity contribution is 1.04. The van der Waals surface area contributed by atoms with E-state index in [0.717, 1.165) is 11.1 Å². The summed E-state index contributed by atoms with van der Waals surface area (Å²) < 4.78 is 0. The van der Waals surface area contributed by atoms with Crippen LogP contribution in [0.1, 0.15) is 33.6 Å². The molecule has 0 N–H and O–H groups in total. The van der Waals surface area contributed by atoms with Crippen LogP contribution in [0.4, 0.5) is 0 Å². The van der Waals surface area contributed by atoms with Crippen molar-refractivity contribution < 1.29 is 0 Å². The molecule has 1 aliphatic carbocycles. The van der Waals surface area contributed by atoms with Crippen LogP contribution in [0.3, 0.4) is 0 Å². The average molecular weight is 163 g/mol. The lowest BCUT2D eigenvalue weighted by Gasteiger charge is -1.97. The maximum absolute atomic E-state index is 8.59. The molecule has 1 nitrogen and oxygen atoms in total. The van der Waals surface area contributed by atoms with Gasteiger partial charge in [0.25, 0.3) is 0 Å². The molecule has 0 bridgehead atoms. The van der Waals surface area contributed by atoms with Crippen molar-refractivity contribution in [1.29, 1.82) is 5.26 Å². The van der Waals surface area contributed by atoms with Gasteiger partial charge in [-0.05, 0) is 31.3 Å². The van der Waals surface area contributed by atoms with Gasteiger partial charge in [-0.1, -0.05) is 26.5 Å². The summed E-state index contributed by atoms with van der Waals surface area (Å²) >= 11 is 0. The second kappa shape index (κ2) is 5.60. The lowest BCUT2D eigenvalue weighted by Crippen LogP contribution is -1.85. The van der Waals surface area contributed by atoms with Crippen LogP contribution in [-0.4, -0.2) is 0 Å². The van der Waals surface area contributed by atoms with E-state index in [1.54, 1.807) is 0 Å². The van der Waals surface area contributed by atoms with Gasteiger partial charge in [0.2, 0.25) is 0 Å². The van der Waals surface area contributed by atoms with Gasteiger partial charge in [-0.2, -0.15) is 5.26 Å². The fourth-order valence-electron chi connectivity index (χ4n) is 0.973. The molecular formula is C11H17N. The highest BCUT2D eigenvalue weighted by molar-refractivity contribution is 5.42. The van der Waals surface area contributed by atoms with Gasteiger partial charge in [-0.15, -0.1) is 0 Å². The smallest absolute Gasteiger partial charge is 0.0990 e. The van der Waals surface area contributed by atoms with Crippen molar-refractivity contribution in [2.24, 2.45) is 5.92 Å². The summed E-state index contributed by atoms with van der Waals surface area (Å²) in [5, 5.41) is 8.59. The van der Waals surface area contributed by atoms with Crippen molar-refractivity contribution in [2.45, 2.75) is 33.6 Å². The minimum absolute atomic E-state index is 0.617. The molecule has 0 aromatic carbocycles. The number of rotatable bonds is 2. The van der Waals surface area contributed by atoms with Crippen molar-refractivity contribution >= 4 is 0 Å². The number of nitrogens with zero attached hydrogens (tertiary/aromatic N) is 1. The first-order chi connectivity index (χ1) is 5.79.